The molecule has 2 saturated heterocycles. The topological polar surface area (TPSA) is 58.8 Å². The van der Waals surface area contributed by atoms with Crippen molar-refractivity contribution in [2.24, 2.45) is 0 Å². The van der Waals surface area contributed by atoms with Crippen LogP contribution in [0.2, 0.25) is 0 Å². The molecule has 3 aliphatic rings. The van der Waals surface area contributed by atoms with E-state index in [1.165, 1.54) is 32.1 Å². The Balaban J connectivity index is 1.36. The Morgan fingerprint density at radius 2 is 2.09 bits per heavy atom. The number of ether oxygens (including phenoxy) is 1. The third-order valence-corrected chi connectivity index (χ3v) is 5.18. The second-order valence-corrected chi connectivity index (χ2v) is 6.71. The fraction of sp³-hybridized carbons (Fsp3) is 0.750. The molecule has 0 bridgehead atoms. The van der Waals surface area contributed by atoms with Gasteiger partial charge in [-0.1, -0.05) is 24.4 Å². The molecule has 22 heavy (non-hydrogen) atoms. The molecule has 4 rings (SSSR count). The van der Waals surface area contributed by atoms with Crippen molar-refractivity contribution in [3.63, 3.8) is 0 Å². The highest BCUT2D eigenvalue weighted by molar-refractivity contribution is 5.70. The minimum absolute atomic E-state index is 0.163. The molecule has 2 aliphatic heterocycles. The maximum Gasteiger partial charge on any atom is 0.410 e. The van der Waals surface area contributed by atoms with Crippen LogP contribution in [0.1, 0.15) is 49.5 Å². The fourth-order valence-corrected chi connectivity index (χ4v) is 3.91. The van der Waals surface area contributed by atoms with Gasteiger partial charge in [0.2, 0.25) is 0 Å². The zero-order valence-electron chi connectivity index (χ0n) is 12.9. The Morgan fingerprint density at radius 3 is 2.95 bits per heavy atom. The van der Waals surface area contributed by atoms with E-state index >= 15 is 0 Å². The van der Waals surface area contributed by atoms with Crippen molar-refractivity contribution >= 4 is 6.09 Å². The van der Waals surface area contributed by atoms with E-state index in [2.05, 4.69) is 16.1 Å². The lowest BCUT2D eigenvalue weighted by molar-refractivity contribution is 0.108. The number of fused-ring (bicyclic) bond motifs is 1. The highest BCUT2D eigenvalue weighted by Crippen LogP contribution is 2.32. The third kappa shape index (κ3) is 2.72. The van der Waals surface area contributed by atoms with Crippen LogP contribution in [0.25, 0.3) is 0 Å². The molecule has 6 heteroatoms. The molecule has 3 fully saturated rings. The lowest BCUT2D eigenvalue weighted by Crippen LogP contribution is -2.51. The molecule has 0 spiro atoms. The van der Waals surface area contributed by atoms with Crippen molar-refractivity contribution in [2.75, 3.05) is 26.2 Å². The van der Waals surface area contributed by atoms with Gasteiger partial charge >= 0.3 is 6.09 Å². The van der Waals surface area contributed by atoms with E-state index in [4.69, 9.17) is 9.26 Å². The first-order valence-electron chi connectivity index (χ1n) is 8.41. The first-order valence-corrected chi connectivity index (χ1v) is 8.41. The van der Waals surface area contributed by atoms with Crippen molar-refractivity contribution in [1.82, 2.24) is 15.0 Å². The molecular formula is C16H23N3O3. The molecule has 1 aliphatic carbocycles. The lowest BCUT2D eigenvalue weighted by Gasteiger charge is -2.34. The summed E-state index contributed by atoms with van der Waals surface area (Å²) in [4.78, 5) is 15.7. The minimum Gasteiger partial charge on any atom is -0.447 e. The molecule has 1 aromatic heterocycles. The van der Waals surface area contributed by atoms with Gasteiger partial charge < -0.3 is 9.26 Å². The highest BCUT2D eigenvalue weighted by atomic mass is 16.6. The van der Waals surface area contributed by atoms with Crippen molar-refractivity contribution in [2.45, 2.75) is 50.6 Å². The fourth-order valence-electron chi connectivity index (χ4n) is 3.91. The summed E-state index contributed by atoms with van der Waals surface area (Å²) in [6.07, 6.45) is 6.30. The largest absolute Gasteiger partial charge is 0.447 e. The Hall–Kier alpha value is -1.56. The van der Waals surface area contributed by atoms with Crippen LogP contribution in [0.4, 0.5) is 4.79 Å². The van der Waals surface area contributed by atoms with Gasteiger partial charge in [-0.15, -0.1) is 0 Å². The van der Waals surface area contributed by atoms with Gasteiger partial charge in [-0.2, -0.15) is 0 Å². The summed E-state index contributed by atoms with van der Waals surface area (Å²) < 4.78 is 10.7. The molecule has 0 radical (unpaired) electrons. The van der Waals surface area contributed by atoms with Gasteiger partial charge in [-0.05, 0) is 12.8 Å². The standard InChI is InChI=1S/C16H23N3O3/c20-16-19-7-6-18(9-13(19)11-21-16)10-14-8-15(17-22-14)12-4-2-1-3-5-12/h8,12-13H,1-7,9-11H2/t13-/m0/s1. The van der Waals surface area contributed by atoms with Crippen LogP contribution in [0.15, 0.2) is 10.6 Å². The number of amides is 1. The molecule has 1 aromatic rings. The maximum atomic E-state index is 11.5. The van der Waals surface area contributed by atoms with Gasteiger partial charge in [0.15, 0.2) is 5.76 Å². The number of hydrogen-bond donors (Lipinski definition) is 0. The summed E-state index contributed by atoms with van der Waals surface area (Å²) in [5.41, 5.74) is 1.13. The molecule has 3 heterocycles. The smallest absolute Gasteiger partial charge is 0.410 e. The summed E-state index contributed by atoms with van der Waals surface area (Å²) >= 11 is 0. The number of piperazine rings is 1. The van der Waals surface area contributed by atoms with E-state index in [9.17, 15) is 4.79 Å². The average Bonchev–Trinajstić information content (AvgIpc) is 3.16. The third-order valence-electron chi connectivity index (χ3n) is 5.18. The van der Waals surface area contributed by atoms with Gasteiger partial charge in [0.25, 0.3) is 0 Å². The van der Waals surface area contributed by atoms with Crippen LogP contribution in [0.3, 0.4) is 0 Å². The minimum atomic E-state index is -0.163. The predicted molar refractivity (Wildman–Crippen MR) is 79.4 cm³/mol. The molecule has 1 amide bonds. The second kappa shape index (κ2) is 5.91. The summed E-state index contributed by atoms with van der Waals surface area (Å²) in [5.74, 6) is 1.53. The van der Waals surface area contributed by atoms with Crippen molar-refractivity contribution in [3.8, 4) is 0 Å². The quantitative estimate of drug-likeness (QED) is 0.858. The molecule has 0 aromatic carbocycles. The van der Waals surface area contributed by atoms with Crippen LogP contribution >= 0.6 is 0 Å². The van der Waals surface area contributed by atoms with E-state index in [1.807, 2.05) is 4.90 Å². The molecule has 1 atom stereocenters. The summed E-state index contributed by atoms with van der Waals surface area (Å²) in [5, 5.41) is 4.29. The Morgan fingerprint density at radius 1 is 1.23 bits per heavy atom. The number of hydrogen-bond acceptors (Lipinski definition) is 5. The number of carbonyl (C=O) groups is 1. The highest BCUT2D eigenvalue weighted by Gasteiger charge is 2.37. The van der Waals surface area contributed by atoms with E-state index in [0.29, 0.717) is 12.5 Å². The summed E-state index contributed by atoms with van der Waals surface area (Å²) in [6.45, 7) is 3.75. The molecule has 1 saturated carbocycles. The monoisotopic (exact) mass is 305 g/mol. The van der Waals surface area contributed by atoms with E-state index in [1.54, 1.807) is 0 Å². The molecule has 120 valence electrons. The van der Waals surface area contributed by atoms with Gasteiger partial charge in [0.05, 0.1) is 18.3 Å². The first kappa shape index (κ1) is 14.1. The van der Waals surface area contributed by atoms with Crippen molar-refractivity contribution < 1.29 is 14.1 Å². The van der Waals surface area contributed by atoms with Crippen molar-refractivity contribution in [1.29, 1.82) is 0 Å². The van der Waals surface area contributed by atoms with Crippen LogP contribution in [-0.4, -0.2) is 53.3 Å². The van der Waals surface area contributed by atoms with Gasteiger partial charge in [-0.25, -0.2) is 4.79 Å². The van der Waals surface area contributed by atoms with E-state index in [-0.39, 0.29) is 12.1 Å². The Bertz CT molecular complexity index is 538. The number of rotatable bonds is 3. The van der Waals surface area contributed by atoms with Crippen LogP contribution in [0.5, 0.6) is 0 Å². The number of carbonyl (C=O) groups excluding carboxylic acids is 1. The van der Waals surface area contributed by atoms with Crippen LogP contribution in [0, 0.1) is 0 Å². The molecule has 0 unspecified atom stereocenters. The Labute approximate surface area is 130 Å². The Kier molecular flexibility index (Phi) is 3.78. The van der Waals surface area contributed by atoms with Crippen LogP contribution in [-0.2, 0) is 11.3 Å². The normalized spacial score (nSPS) is 27.0. The summed E-state index contributed by atoms with van der Waals surface area (Å²) in [6, 6.07) is 2.33. The van der Waals surface area contributed by atoms with Gasteiger partial charge in [0.1, 0.15) is 6.61 Å². The van der Waals surface area contributed by atoms with Crippen molar-refractivity contribution in [3.05, 3.63) is 17.5 Å². The molecule has 6 nitrogen and oxygen atoms in total. The lowest BCUT2D eigenvalue weighted by atomic mass is 9.87. The number of aromatic nitrogens is 1. The number of nitrogens with zero attached hydrogens (tertiary/aromatic N) is 3. The van der Waals surface area contributed by atoms with Crippen LogP contribution < -0.4 is 0 Å². The first-order chi connectivity index (χ1) is 10.8. The average molecular weight is 305 g/mol. The van der Waals surface area contributed by atoms with Gasteiger partial charge in [0, 0.05) is 31.6 Å². The SMILES string of the molecule is O=C1OC[C@@H]2CN(Cc3cc(C4CCCCC4)no3)CCN12. The second-order valence-electron chi connectivity index (χ2n) is 6.71. The van der Waals surface area contributed by atoms with E-state index in [0.717, 1.165) is 37.6 Å². The predicted octanol–water partition coefficient (Wildman–Crippen LogP) is 2.36. The molecule has 0 N–H and O–H groups in total. The maximum absolute atomic E-state index is 11.5. The molecular weight excluding hydrogens is 282 g/mol. The van der Waals surface area contributed by atoms with Gasteiger partial charge in [-0.3, -0.25) is 9.80 Å². The zero-order chi connectivity index (χ0) is 14.9. The zero-order valence-corrected chi connectivity index (χ0v) is 12.9. The number of cyclic esters (lactones) is 1. The summed E-state index contributed by atoms with van der Waals surface area (Å²) in [7, 11) is 0. The van der Waals surface area contributed by atoms with E-state index < -0.39 is 0 Å².